The Hall–Kier alpha value is -2.05. The number of hydrogen-bond donors (Lipinski definition) is 2. The molecule has 0 unspecified atom stereocenters. The van der Waals surface area contributed by atoms with E-state index in [1.54, 1.807) is 0 Å². The number of H-pyrrole nitrogens is 1. The summed E-state index contributed by atoms with van der Waals surface area (Å²) in [4.78, 5) is 11.6. The van der Waals surface area contributed by atoms with Crippen molar-refractivity contribution < 1.29 is 9.47 Å². The molecule has 7 heteroatoms. The van der Waals surface area contributed by atoms with Gasteiger partial charge in [0.1, 0.15) is 10.8 Å². The van der Waals surface area contributed by atoms with Gasteiger partial charge in [-0.3, -0.25) is 4.79 Å². The van der Waals surface area contributed by atoms with Gasteiger partial charge in [0.25, 0.3) is 5.56 Å². The molecule has 0 aliphatic carbocycles. The fourth-order valence-electron chi connectivity index (χ4n) is 3.17. The highest BCUT2D eigenvalue weighted by atomic mass is 35.5. The lowest BCUT2D eigenvalue weighted by Crippen LogP contribution is -2.40. The van der Waals surface area contributed by atoms with Crippen LogP contribution in [0.1, 0.15) is 25.3 Å². The van der Waals surface area contributed by atoms with Crippen molar-refractivity contribution in [3.05, 3.63) is 51.4 Å². The van der Waals surface area contributed by atoms with E-state index in [1.807, 2.05) is 19.1 Å². The maximum Gasteiger partial charge on any atom is 0.285 e. The number of rotatable bonds is 6. The summed E-state index contributed by atoms with van der Waals surface area (Å²) in [6, 6.07) is 8.21. The molecule has 2 N–H and O–H groups in total. The van der Waals surface area contributed by atoms with Gasteiger partial charge in [-0.1, -0.05) is 23.7 Å². The van der Waals surface area contributed by atoms with Gasteiger partial charge in [0.15, 0.2) is 0 Å². The van der Waals surface area contributed by atoms with Crippen LogP contribution in [0.4, 0.5) is 5.69 Å². The molecule has 0 radical (unpaired) electrons. The molecule has 0 saturated carbocycles. The van der Waals surface area contributed by atoms with E-state index in [1.165, 1.54) is 11.8 Å². The van der Waals surface area contributed by atoms with Crippen LogP contribution in [0.5, 0.6) is 5.75 Å². The lowest BCUT2D eigenvalue weighted by Gasteiger charge is -2.38. The normalized spacial score (nSPS) is 16.4. The molecule has 6 nitrogen and oxygen atoms in total. The van der Waals surface area contributed by atoms with Gasteiger partial charge in [0.05, 0.1) is 18.5 Å². The Labute approximate surface area is 151 Å². The first-order chi connectivity index (χ1) is 12.1. The third kappa shape index (κ3) is 3.96. The summed E-state index contributed by atoms with van der Waals surface area (Å²) in [5.41, 5.74) is 1.28. The fourth-order valence-corrected chi connectivity index (χ4v) is 3.33. The molecule has 3 rings (SSSR count). The van der Waals surface area contributed by atoms with E-state index >= 15 is 0 Å². The second kappa shape index (κ2) is 7.89. The summed E-state index contributed by atoms with van der Waals surface area (Å²) >= 11 is 6.07. The number of aromatic nitrogens is 2. The Bertz CT molecular complexity index is 755. The van der Waals surface area contributed by atoms with Crippen molar-refractivity contribution >= 4 is 17.3 Å². The second-order valence-electron chi connectivity index (χ2n) is 6.13. The van der Waals surface area contributed by atoms with Crippen molar-refractivity contribution in [3.63, 3.8) is 0 Å². The molecule has 1 aromatic carbocycles. The van der Waals surface area contributed by atoms with E-state index in [4.69, 9.17) is 21.1 Å². The topological polar surface area (TPSA) is 76.2 Å². The van der Waals surface area contributed by atoms with Gasteiger partial charge in [-0.15, -0.1) is 0 Å². The van der Waals surface area contributed by atoms with Crippen molar-refractivity contribution in [1.29, 1.82) is 0 Å². The zero-order chi connectivity index (χ0) is 17.7. The summed E-state index contributed by atoms with van der Waals surface area (Å²) in [6.07, 6.45) is 3.32. The predicted octanol–water partition coefficient (Wildman–Crippen LogP) is 2.98. The first-order valence-corrected chi connectivity index (χ1v) is 8.80. The van der Waals surface area contributed by atoms with Crippen LogP contribution in [0.25, 0.3) is 0 Å². The number of anilines is 1. The Morgan fingerprint density at radius 3 is 2.72 bits per heavy atom. The predicted molar refractivity (Wildman–Crippen MR) is 97.7 cm³/mol. The van der Waals surface area contributed by atoms with Gasteiger partial charge >= 0.3 is 0 Å². The van der Waals surface area contributed by atoms with E-state index in [0.717, 1.165) is 18.6 Å². The quantitative estimate of drug-likeness (QED) is 0.825. The Balaban J connectivity index is 1.83. The third-order valence-corrected chi connectivity index (χ3v) is 5.02. The number of aromatic amines is 1. The number of hydrogen-bond acceptors (Lipinski definition) is 5. The zero-order valence-corrected chi connectivity index (χ0v) is 14.9. The highest BCUT2D eigenvalue weighted by Crippen LogP contribution is 2.36. The van der Waals surface area contributed by atoms with E-state index in [-0.39, 0.29) is 10.4 Å². The largest absolute Gasteiger partial charge is 0.494 e. The minimum atomic E-state index is -0.395. The van der Waals surface area contributed by atoms with Crippen molar-refractivity contribution in [2.45, 2.75) is 25.2 Å². The van der Waals surface area contributed by atoms with Crippen molar-refractivity contribution in [1.82, 2.24) is 10.2 Å². The van der Waals surface area contributed by atoms with E-state index < -0.39 is 5.56 Å². The minimum absolute atomic E-state index is 0.0884. The Morgan fingerprint density at radius 1 is 1.32 bits per heavy atom. The lowest BCUT2D eigenvalue weighted by molar-refractivity contribution is 0.0544. The molecular weight excluding hydrogens is 342 g/mol. The average Bonchev–Trinajstić information content (AvgIpc) is 2.65. The van der Waals surface area contributed by atoms with Gasteiger partial charge in [-0.25, -0.2) is 5.10 Å². The van der Waals surface area contributed by atoms with Crippen LogP contribution in [-0.2, 0) is 10.2 Å². The summed E-state index contributed by atoms with van der Waals surface area (Å²) < 4.78 is 11.1. The molecule has 2 heterocycles. The Kier molecular flexibility index (Phi) is 5.60. The monoisotopic (exact) mass is 363 g/mol. The second-order valence-corrected chi connectivity index (χ2v) is 6.51. The van der Waals surface area contributed by atoms with Gasteiger partial charge in [-0.2, -0.15) is 5.10 Å². The highest BCUT2D eigenvalue weighted by Gasteiger charge is 2.34. The number of ether oxygens (including phenoxy) is 2. The molecule has 1 aliphatic heterocycles. The standard InChI is InChI=1S/C18H22ClN3O3/c1-2-25-14-5-3-13(4-6-14)18(7-9-24-10-8-18)12-20-15-11-21-22-17(23)16(15)19/h3-6,11H,2,7-10,12H2,1H3,(H2,20,22,23). The number of benzene rings is 1. The molecule has 1 aliphatic rings. The molecule has 134 valence electrons. The molecule has 25 heavy (non-hydrogen) atoms. The van der Waals surface area contributed by atoms with Crippen LogP contribution in [0.15, 0.2) is 35.3 Å². The van der Waals surface area contributed by atoms with Crippen molar-refractivity contribution in [3.8, 4) is 5.75 Å². The molecule has 0 spiro atoms. The molecule has 0 amide bonds. The molecule has 1 saturated heterocycles. The lowest BCUT2D eigenvalue weighted by atomic mass is 9.74. The third-order valence-electron chi connectivity index (χ3n) is 4.64. The fraction of sp³-hybridized carbons (Fsp3) is 0.444. The first-order valence-electron chi connectivity index (χ1n) is 8.43. The minimum Gasteiger partial charge on any atom is -0.494 e. The molecule has 1 fully saturated rings. The van der Waals surface area contributed by atoms with Crippen LogP contribution in [0, 0.1) is 0 Å². The summed E-state index contributed by atoms with van der Waals surface area (Å²) in [5.74, 6) is 0.864. The van der Waals surface area contributed by atoms with Crippen LogP contribution in [-0.4, -0.2) is 36.6 Å². The van der Waals surface area contributed by atoms with Crippen molar-refractivity contribution in [2.75, 3.05) is 31.7 Å². The van der Waals surface area contributed by atoms with E-state index in [0.29, 0.717) is 32.1 Å². The van der Waals surface area contributed by atoms with Gasteiger partial charge in [0.2, 0.25) is 0 Å². The molecule has 1 aromatic heterocycles. The van der Waals surface area contributed by atoms with Crippen molar-refractivity contribution in [2.24, 2.45) is 0 Å². The van der Waals surface area contributed by atoms with Gasteiger partial charge in [0, 0.05) is 25.2 Å². The van der Waals surface area contributed by atoms with Crippen LogP contribution in [0.3, 0.4) is 0 Å². The van der Waals surface area contributed by atoms with E-state index in [9.17, 15) is 4.79 Å². The Morgan fingerprint density at radius 2 is 2.04 bits per heavy atom. The molecule has 2 aromatic rings. The van der Waals surface area contributed by atoms with E-state index in [2.05, 4.69) is 27.6 Å². The molecule has 0 bridgehead atoms. The average molecular weight is 364 g/mol. The van der Waals surface area contributed by atoms with Gasteiger partial charge in [-0.05, 0) is 37.5 Å². The first kappa shape index (κ1) is 17.8. The van der Waals surface area contributed by atoms with Crippen LogP contribution >= 0.6 is 11.6 Å². The summed E-state index contributed by atoms with van der Waals surface area (Å²) in [7, 11) is 0. The zero-order valence-electron chi connectivity index (χ0n) is 14.2. The van der Waals surface area contributed by atoms with Crippen LogP contribution in [0.2, 0.25) is 5.02 Å². The number of nitrogens with one attached hydrogen (secondary N) is 2. The van der Waals surface area contributed by atoms with Gasteiger partial charge < -0.3 is 14.8 Å². The SMILES string of the molecule is CCOc1ccc(C2(CNc3cn[nH]c(=O)c3Cl)CCOCC2)cc1. The van der Waals surface area contributed by atoms with Crippen LogP contribution < -0.4 is 15.6 Å². The maximum absolute atomic E-state index is 11.6. The number of nitrogens with zero attached hydrogens (tertiary/aromatic N) is 1. The molecule has 0 atom stereocenters. The smallest absolute Gasteiger partial charge is 0.285 e. The number of halogens is 1. The maximum atomic E-state index is 11.6. The summed E-state index contributed by atoms with van der Waals surface area (Å²) in [5, 5.41) is 9.57. The molecular formula is C18H22ClN3O3. The summed E-state index contributed by atoms with van der Waals surface area (Å²) in [6.45, 7) is 4.67. The highest BCUT2D eigenvalue weighted by molar-refractivity contribution is 6.32.